The average molecular weight is 260 g/mol. The standard InChI is InChI=1S/C17H28N2/c1-5-15(18)11-14-6-7-16(13(2)10-14)19-9-8-17(3,4)12-19/h6-7,10,15H,5,8-9,11-12,18H2,1-4H3. The normalized spacial score (nSPS) is 19.7. The van der Waals surface area contributed by atoms with E-state index in [2.05, 4.69) is 50.8 Å². The first-order chi connectivity index (χ1) is 8.91. The molecule has 0 amide bonds. The molecule has 19 heavy (non-hydrogen) atoms. The molecule has 2 N–H and O–H groups in total. The number of nitrogens with two attached hydrogens (primary N) is 1. The molecule has 0 bridgehead atoms. The van der Waals surface area contributed by atoms with Crippen molar-refractivity contribution in [2.75, 3.05) is 18.0 Å². The molecular formula is C17H28N2. The molecule has 1 aromatic carbocycles. The van der Waals surface area contributed by atoms with Crippen LogP contribution in [0.15, 0.2) is 18.2 Å². The van der Waals surface area contributed by atoms with Crippen molar-refractivity contribution in [3.63, 3.8) is 0 Å². The Hall–Kier alpha value is -1.02. The lowest BCUT2D eigenvalue weighted by Gasteiger charge is -2.24. The molecule has 1 fully saturated rings. The molecule has 2 heteroatoms. The second-order valence-electron chi connectivity index (χ2n) is 6.83. The Morgan fingerprint density at radius 3 is 2.63 bits per heavy atom. The van der Waals surface area contributed by atoms with E-state index in [9.17, 15) is 0 Å². The summed E-state index contributed by atoms with van der Waals surface area (Å²) in [6.45, 7) is 11.4. The van der Waals surface area contributed by atoms with Crippen LogP contribution < -0.4 is 10.6 Å². The molecule has 1 aliphatic heterocycles. The summed E-state index contributed by atoms with van der Waals surface area (Å²) in [5, 5.41) is 0. The van der Waals surface area contributed by atoms with E-state index in [-0.39, 0.29) is 6.04 Å². The maximum absolute atomic E-state index is 6.04. The average Bonchev–Trinajstić information content (AvgIpc) is 2.69. The van der Waals surface area contributed by atoms with E-state index in [1.165, 1.54) is 36.3 Å². The van der Waals surface area contributed by atoms with E-state index in [1.54, 1.807) is 0 Å². The molecule has 1 aromatic rings. The van der Waals surface area contributed by atoms with Gasteiger partial charge in [0.1, 0.15) is 0 Å². The Labute approximate surface area is 118 Å². The predicted molar refractivity (Wildman–Crippen MR) is 83.8 cm³/mol. The number of nitrogens with zero attached hydrogens (tertiary/aromatic N) is 1. The lowest BCUT2D eigenvalue weighted by atomic mass is 9.93. The molecule has 106 valence electrons. The third-order valence-electron chi connectivity index (χ3n) is 4.30. The number of aryl methyl sites for hydroxylation is 1. The molecule has 2 rings (SSSR count). The highest BCUT2D eigenvalue weighted by Gasteiger charge is 2.29. The quantitative estimate of drug-likeness (QED) is 0.897. The topological polar surface area (TPSA) is 29.3 Å². The van der Waals surface area contributed by atoms with E-state index < -0.39 is 0 Å². The fourth-order valence-corrected chi connectivity index (χ4v) is 2.96. The minimum Gasteiger partial charge on any atom is -0.371 e. The van der Waals surface area contributed by atoms with Crippen LogP contribution in [-0.2, 0) is 6.42 Å². The highest BCUT2D eigenvalue weighted by atomic mass is 15.2. The number of anilines is 1. The van der Waals surface area contributed by atoms with Gasteiger partial charge in [-0.2, -0.15) is 0 Å². The fraction of sp³-hybridized carbons (Fsp3) is 0.647. The van der Waals surface area contributed by atoms with Crippen molar-refractivity contribution in [2.45, 2.75) is 53.0 Å². The van der Waals surface area contributed by atoms with E-state index in [0.29, 0.717) is 5.41 Å². The van der Waals surface area contributed by atoms with Crippen LogP contribution in [0.3, 0.4) is 0 Å². The van der Waals surface area contributed by atoms with Gasteiger partial charge in [0, 0.05) is 24.8 Å². The van der Waals surface area contributed by atoms with Gasteiger partial charge in [-0.15, -0.1) is 0 Å². The zero-order valence-corrected chi connectivity index (χ0v) is 12.9. The summed E-state index contributed by atoms with van der Waals surface area (Å²) in [5.41, 5.74) is 10.7. The van der Waals surface area contributed by atoms with Crippen LogP contribution >= 0.6 is 0 Å². The Morgan fingerprint density at radius 2 is 2.11 bits per heavy atom. The van der Waals surface area contributed by atoms with E-state index in [1.807, 2.05) is 0 Å². The van der Waals surface area contributed by atoms with Crippen molar-refractivity contribution in [3.8, 4) is 0 Å². The van der Waals surface area contributed by atoms with Crippen LogP contribution in [-0.4, -0.2) is 19.1 Å². The number of hydrogen-bond acceptors (Lipinski definition) is 2. The molecule has 2 nitrogen and oxygen atoms in total. The van der Waals surface area contributed by atoms with Crippen molar-refractivity contribution in [3.05, 3.63) is 29.3 Å². The minimum absolute atomic E-state index is 0.288. The first-order valence-electron chi connectivity index (χ1n) is 7.51. The summed E-state index contributed by atoms with van der Waals surface area (Å²) >= 11 is 0. The molecule has 1 atom stereocenters. The van der Waals surface area contributed by atoms with Crippen molar-refractivity contribution in [2.24, 2.45) is 11.1 Å². The highest BCUT2D eigenvalue weighted by molar-refractivity contribution is 5.55. The van der Waals surface area contributed by atoms with Gasteiger partial charge >= 0.3 is 0 Å². The van der Waals surface area contributed by atoms with E-state index in [4.69, 9.17) is 5.73 Å². The Morgan fingerprint density at radius 1 is 1.37 bits per heavy atom. The van der Waals surface area contributed by atoms with Gasteiger partial charge < -0.3 is 10.6 Å². The van der Waals surface area contributed by atoms with E-state index >= 15 is 0 Å². The van der Waals surface area contributed by atoms with Crippen molar-refractivity contribution >= 4 is 5.69 Å². The first kappa shape index (κ1) is 14.4. The van der Waals surface area contributed by atoms with Gasteiger partial charge in [0.25, 0.3) is 0 Å². The largest absolute Gasteiger partial charge is 0.371 e. The van der Waals surface area contributed by atoms with Gasteiger partial charge in [-0.05, 0) is 48.8 Å². The molecule has 0 aliphatic carbocycles. The molecule has 0 radical (unpaired) electrons. The van der Waals surface area contributed by atoms with Gasteiger partial charge in [0.15, 0.2) is 0 Å². The van der Waals surface area contributed by atoms with Crippen molar-refractivity contribution in [1.82, 2.24) is 0 Å². The Kier molecular flexibility index (Phi) is 4.19. The van der Waals surface area contributed by atoms with Crippen LogP contribution in [0.2, 0.25) is 0 Å². The van der Waals surface area contributed by atoms with E-state index in [0.717, 1.165) is 12.8 Å². The summed E-state index contributed by atoms with van der Waals surface area (Å²) < 4.78 is 0. The second kappa shape index (κ2) is 5.54. The van der Waals surface area contributed by atoms with Crippen molar-refractivity contribution < 1.29 is 0 Å². The number of rotatable bonds is 4. The molecule has 1 saturated heterocycles. The molecule has 1 heterocycles. The lowest BCUT2D eigenvalue weighted by molar-refractivity contribution is 0.418. The SMILES string of the molecule is CCC(N)Cc1ccc(N2CCC(C)(C)C2)c(C)c1. The monoisotopic (exact) mass is 260 g/mol. The molecule has 0 spiro atoms. The summed E-state index contributed by atoms with van der Waals surface area (Å²) in [7, 11) is 0. The summed E-state index contributed by atoms with van der Waals surface area (Å²) in [6, 6.07) is 7.14. The first-order valence-corrected chi connectivity index (χ1v) is 7.51. The highest BCUT2D eigenvalue weighted by Crippen LogP contribution is 2.34. The Bertz CT molecular complexity index is 437. The Balaban J connectivity index is 2.12. The third-order valence-corrected chi connectivity index (χ3v) is 4.30. The summed E-state index contributed by atoms with van der Waals surface area (Å²) in [5.74, 6) is 0. The lowest BCUT2D eigenvalue weighted by Crippen LogP contribution is -2.24. The zero-order chi connectivity index (χ0) is 14.0. The molecule has 0 aromatic heterocycles. The smallest absolute Gasteiger partial charge is 0.0396 e. The zero-order valence-electron chi connectivity index (χ0n) is 12.9. The van der Waals surface area contributed by atoms with Gasteiger partial charge in [0.2, 0.25) is 0 Å². The van der Waals surface area contributed by atoms with Crippen molar-refractivity contribution in [1.29, 1.82) is 0 Å². The molecule has 0 saturated carbocycles. The summed E-state index contributed by atoms with van der Waals surface area (Å²) in [6.07, 6.45) is 3.32. The maximum atomic E-state index is 6.04. The van der Waals surface area contributed by atoms with Gasteiger partial charge in [-0.25, -0.2) is 0 Å². The maximum Gasteiger partial charge on any atom is 0.0396 e. The second-order valence-corrected chi connectivity index (χ2v) is 6.83. The number of benzene rings is 1. The van der Waals surface area contributed by atoms with Gasteiger partial charge in [0.05, 0.1) is 0 Å². The molecular weight excluding hydrogens is 232 g/mol. The van der Waals surface area contributed by atoms with Gasteiger partial charge in [-0.3, -0.25) is 0 Å². The predicted octanol–water partition coefficient (Wildman–Crippen LogP) is 3.51. The summed E-state index contributed by atoms with van der Waals surface area (Å²) in [4.78, 5) is 2.53. The van der Waals surface area contributed by atoms with Gasteiger partial charge in [-0.1, -0.05) is 32.9 Å². The van der Waals surface area contributed by atoms with Crippen LogP contribution in [0.5, 0.6) is 0 Å². The van der Waals surface area contributed by atoms with Crippen LogP contribution in [0.4, 0.5) is 5.69 Å². The minimum atomic E-state index is 0.288. The molecule has 1 aliphatic rings. The van der Waals surface area contributed by atoms with Crippen LogP contribution in [0.1, 0.15) is 44.7 Å². The number of hydrogen-bond donors (Lipinski definition) is 1. The van der Waals surface area contributed by atoms with Crippen LogP contribution in [0, 0.1) is 12.3 Å². The third kappa shape index (κ3) is 3.50. The van der Waals surface area contributed by atoms with Crippen LogP contribution in [0.25, 0.3) is 0 Å². The molecule has 1 unspecified atom stereocenters. The fourth-order valence-electron chi connectivity index (χ4n) is 2.96.